The van der Waals surface area contributed by atoms with E-state index >= 15 is 0 Å². The summed E-state index contributed by atoms with van der Waals surface area (Å²) < 4.78 is 13.2. The molecule has 0 saturated heterocycles. The number of hydrogen-bond acceptors (Lipinski definition) is 2. The van der Waals surface area contributed by atoms with Crippen LogP contribution in [0.25, 0.3) is 10.8 Å². The number of rotatable bonds is 3. The third-order valence-corrected chi connectivity index (χ3v) is 3.39. The normalized spacial score (nSPS) is 10.7. The Labute approximate surface area is 117 Å². The zero-order valence-electron chi connectivity index (χ0n) is 11.2. The molecule has 0 aliphatic rings. The summed E-state index contributed by atoms with van der Waals surface area (Å²) in [7, 11) is 0. The van der Waals surface area contributed by atoms with Gasteiger partial charge in [0.15, 0.2) is 0 Å². The third kappa shape index (κ3) is 2.48. The quantitative estimate of drug-likeness (QED) is 0.764. The molecule has 0 fully saturated rings. The summed E-state index contributed by atoms with van der Waals surface area (Å²) in [6.07, 6.45) is 3.64. The number of nitrogens with zero attached hydrogens (tertiary/aromatic N) is 1. The first-order valence-corrected chi connectivity index (χ1v) is 6.56. The average molecular weight is 266 g/mol. The van der Waals surface area contributed by atoms with Gasteiger partial charge in [-0.1, -0.05) is 24.3 Å². The van der Waals surface area contributed by atoms with Crippen LogP contribution in [-0.4, -0.2) is 4.98 Å². The average Bonchev–Trinajstić information content (AvgIpc) is 2.48. The highest BCUT2D eigenvalue weighted by molar-refractivity contribution is 5.93. The van der Waals surface area contributed by atoms with Gasteiger partial charge in [-0.3, -0.25) is 4.98 Å². The van der Waals surface area contributed by atoms with Crippen LogP contribution in [0.5, 0.6) is 0 Å². The molecule has 0 spiro atoms. The van der Waals surface area contributed by atoms with Crippen LogP contribution < -0.4 is 5.32 Å². The van der Waals surface area contributed by atoms with E-state index in [-0.39, 0.29) is 5.82 Å². The molecular formula is C17H15FN2. The maximum absolute atomic E-state index is 13.2. The topological polar surface area (TPSA) is 24.9 Å². The van der Waals surface area contributed by atoms with Crippen LogP contribution in [-0.2, 0) is 6.54 Å². The fourth-order valence-corrected chi connectivity index (χ4v) is 2.29. The van der Waals surface area contributed by atoms with E-state index in [4.69, 9.17) is 0 Å². The molecule has 0 aliphatic heterocycles. The largest absolute Gasteiger partial charge is 0.380 e. The maximum Gasteiger partial charge on any atom is 0.126 e. The Bertz CT molecular complexity index is 748. The van der Waals surface area contributed by atoms with Crippen LogP contribution >= 0.6 is 0 Å². The van der Waals surface area contributed by atoms with E-state index < -0.39 is 0 Å². The fourth-order valence-electron chi connectivity index (χ4n) is 2.29. The molecule has 2 aromatic carbocycles. The van der Waals surface area contributed by atoms with Crippen LogP contribution in [0.15, 0.2) is 54.9 Å². The molecule has 0 atom stereocenters. The summed E-state index contributed by atoms with van der Waals surface area (Å²) in [5.74, 6) is -0.162. The van der Waals surface area contributed by atoms with Crippen molar-refractivity contribution in [2.45, 2.75) is 13.5 Å². The van der Waals surface area contributed by atoms with E-state index in [1.807, 2.05) is 42.6 Å². The molecule has 0 aliphatic carbocycles. The van der Waals surface area contributed by atoms with Crippen molar-refractivity contribution >= 4 is 16.5 Å². The standard InChI is InChI=1S/C17H15FN2/c1-12-9-13(5-6-16(12)18)10-20-17-4-2-3-14-11-19-8-7-15(14)17/h2-9,11,20H,10H2,1H3. The predicted molar refractivity (Wildman–Crippen MR) is 80.2 cm³/mol. The Morgan fingerprint density at radius 3 is 2.90 bits per heavy atom. The number of hydrogen-bond donors (Lipinski definition) is 1. The molecule has 3 heteroatoms. The van der Waals surface area contributed by atoms with Crippen LogP contribution in [0.1, 0.15) is 11.1 Å². The van der Waals surface area contributed by atoms with Crippen LogP contribution in [0.4, 0.5) is 10.1 Å². The Morgan fingerprint density at radius 2 is 2.05 bits per heavy atom. The zero-order chi connectivity index (χ0) is 13.9. The van der Waals surface area contributed by atoms with Crippen molar-refractivity contribution in [3.63, 3.8) is 0 Å². The molecule has 3 aromatic rings. The van der Waals surface area contributed by atoms with Gasteiger partial charge in [-0.15, -0.1) is 0 Å². The van der Waals surface area contributed by atoms with E-state index in [1.54, 1.807) is 13.1 Å². The summed E-state index contributed by atoms with van der Waals surface area (Å²) in [5, 5.41) is 5.64. The first-order chi connectivity index (χ1) is 9.74. The lowest BCUT2D eigenvalue weighted by Crippen LogP contribution is -2.00. The smallest absolute Gasteiger partial charge is 0.126 e. The van der Waals surface area contributed by atoms with Crippen molar-refractivity contribution in [1.82, 2.24) is 4.98 Å². The van der Waals surface area contributed by atoms with Gasteiger partial charge < -0.3 is 5.32 Å². The lowest BCUT2D eigenvalue weighted by atomic mass is 10.1. The minimum absolute atomic E-state index is 0.162. The fraction of sp³-hybridized carbons (Fsp3) is 0.118. The molecule has 0 saturated carbocycles. The number of nitrogens with one attached hydrogen (secondary N) is 1. The predicted octanol–water partition coefficient (Wildman–Crippen LogP) is 4.29. The second-order valence-electron chi connectivity index (χ2n) is 4.84. The number of halogens is 1. The maximum atomic E-state index is 13.2. The van der Waals surface area contributed by atoms with Gasteiger partial charge in [0, 0.05) is 35.4 Å². The monoisotopic (exact) mass is 266 g/mol. The Hall–Kier alpha value is -2.42. The molecular weight excluding hydrogens is 251 g/mol. The zero-order valence-corrected chi connectivity index (χ0v) is 11.2. The van der Waals surface area contributed by atoms with Gasteiger partial charge in [0.05, 0.1) is 0 Å². The number of anilines is 1. The second-order valence-corrected chi connectivity index (χ2v) is 4.84. The number of fused-ring (bicyclic) bond motifs is 1. The first-order valence-electron chi connectivity index (χ1n) is 6.56. The molecule has 0 radical (unpaired) electrons. The first kappa shape index (κ1) is 12.6. The molecule has 1 aromatic heterocycles. The van der Waals surface area contributed by atoms with Crippen molar-refractivity contribution in [2.75, 3.05) is 5.32 Å². The Balaban J connectivity index is 1.85. The van der Waals surface area contributed by atoms with E-state index in [0.717, 1.165) is 22.0 Å². The highest BCUT2D eigenvalue weighted by atomic mass is 19.1. The molecule has 0 bridgehead atoms. The van der Waals surface area contributed by atoms with Crippen molar-refractivity contribution in [3.05, 3.63) is 71.8 Å². The second kappa shape index (κ2) is 5.29. The summed E-state index contributed by atoms with van der Waals surface area (Å²) in [5.41, 5.74) is 2.80. The molecule has 1 heterocycles. The van der Waals surface area contributed by atoms with Gasteiger partial charge in [0.1, 0.15) is 5.82 Å². The summed E-state index contributed by atoms with van der Waals surface area (Å²) in [4.78, 5) is 4.12. The summed E-state index contributed by atoms with van der Waals surface area (Å²) in [6.45, 7) is 2.45. The lowest BCUT2D eigenvalue weighted by Gasteiger charge is -2.10. The van der Waals surface area contributed by atoms with Gasteiger partial charge in [0.2, 0.25) is 0 Å². The van der Waals surface area contributed by atoms with Gasteiger partial charge in [-0.05, 0) is 36.2 Å². The van der Waals surface area contributed by atoms with Crippen molar-refractivity contribution in [3.8, 4) is 0 Å². The molecule has 0 unspecified atom stereocenters. The van der Waals surface area contributed by atoms with Crippen molar-refractivity contribution < 1.29 is 4.39 Å². The molecule has 2 nitrogen and oxygen atoms in total. The third-order valence-electron chi connectivity index (χ3n) is 3.39. The number of pyridine rings is 1. The van der Waals surface area contributed by atoms with Gasteiger partial charge in [0.25, 0.3) is 0 Å². The highest BCUT2D eigenvalue weighted by Crippen LogP contribution is 2.22. The Morgan fingerprint density at radius 1 is 1.15 bits per heavy atom. The van der Waals surface area contributed by atoms with Gasteiger partial charge in [-0.25, -0.2) is 4.39 Å². The van der Waals surface area contributed by atoms with Gasteiger partial charge >= 0.3 is 0 Å². The summed E-state index contributed by atoms with van der Waals surface area (Å²) >= 11 is 0. The van der Waals surface area contributed by atoms with Crippen LogP contribution in [0.2, 0.25) is 0 Å². The number of aryl methyl sites for hydroxylation is 1. The van der Waals surface area contributed by atoms with E-state index in [0.29, 0.717) is 12.1 Å². The van der Waals surface area contributed by atoms with Crippen LogP contribution in [0, 0.1) is 12.7 Å². The molecule has 0 amide bonds. The van der Waals surface area contributed by atoms with Crippen molar-refractivity contribution in [1.29, 1.82) is 0 Å². The van der Waals surface area contributed by atoms with Crippen molar-refractivity contribution in [2.24, 2.45) is 0 Å². The number of aromatic nitrogens is 1. The summed E-state index contributed by atoms with van der Waals surface area (Å²) in [6, 6.07) is 13.3. The SMILES string of the molecule is Cc1cc(CNc2cccc3cnccc23)ccc1F. The molecule has 100 valence electrons. The Kier molecular flexibility index (Phi) is 3.33. The van der Waals surface area contributed by atoms with E-state index in [1.165, 1.54) is 6.07 Å². The van der Waals surface area contributed by atoms with E-state index in [9.17, 15) is 4.39 Å². The molecule has 1 N–H and O–H groups in total. The minimum atomic E-state index is -0.162. The minimum Gasteiger partial charge on any atom is -0.380 e. The lowest BCUT2D eigenvalue weighted by molar-refractivity contribution is 0.617. The number of benzene rings is 2. The van der Waals surface area contributed by atoms with Gasteiger partial charge in [-0.2, -0.15) is 0 Å². The highest BCUT2D eigenvalue weighted by Gasteiger charge is 2.02. The molecule has 3 rings (SSSR count). The van der Waals surface area contributed by atoms with E-state index in [2.05, 4.69) is 10.3 Å². The molecule has 20 heavy (non-hydrogen) atoms. The van der Waals surface area contributed by atoms with Crippen LogP contribution in [0.3, 0.4) is 0 Å².